The maximum absolute atomic E-state index is 8.73. The summed E-state index contributed by atoms with van der Waals surface area (Å²) < 4.78 is 5.95. The Kier molecular flexibility index (Phi) is 4.39. The van der Waals surface area contributed by atoms with E-state index in [1.165, 1.54) is 25.7 Å². The van der Waals surface area contributed by atoms with Crippen molar-refractivity contribution in [2.75, 3.05) is 0 Å². The number of aromatic nitrogens is 1. The van der Waals surface area contributed by atoms with Crippen LogP contribution in [0.15, 0.2) is 23.5 Å². The highest BCUT2D eigenvalue weighted by atomic mass is 16.5. The summed E-state index contributed by atoms with van der Waals surface area (Å²) in [5.74, 6) is 0.582. The fourth-order valence-corrected chi connectivity index (χ4v) is 2.26. The average Bonchev–Trinajstić information content (AvgIpc) is 2.67. The lowest BCUT2D eigenvalue weighted by Gasteiger charge is -2.18. The molecule has 18 heavy (non-hydrogen) atoms. The molecule has 2 rings (SSSR count). The van der Waals surface area contributed by atoms with Crippen molar-refractivity contribution in [3.63, 3.8) is 0 Å². The largest absolute Gasteiger partial charge is 0.488 e. The number of hydrogen-bond acceptors (Lipinski definition) is 4. The molecule has 3 N–H and O–H groups in total. The summed E-state index contributed by atoms with van der Waals surface area (Å²) >= 11 is 0. The molecule has 0 unspecified atom stereocenters. The third kappa shape index (κ3) is 3.12. The van der Waals surface area contributed by atoms with Crippen molar-refractivity contribution in [3.05, 3.63) is 24.0 Å². The number of nitrogens with two attached hydrogens (primary N) is 1. The number of hydrogen-bond donors (Lipinski definition) is 2. The van der Waals surface area contributed by atoms with Crippen LogP contribution in [0.2, 0.25) is 0 Å². The Morgan fingerprint density at radius 2 is 2.06 bits per heavy atom. The Morgan fingerprint density at radius 1 is 1.33 bits per heavy atom. The molecule has 0 atom stereocenters. The van der Waals surface area contributed by atoms with Gasteiger partial charge in [0, 0.05) is 6.20 Å². The smallest absolute Gasteiger partial charge is 0.192 e. The average molecular weight is 249 g/mol. The van der Waals surface area contributed by atoms with Crippen LogP contribution < -0.4 is 10.5 Å². The zero-order valence-corrected chi connectivity index (χ0v) is 10.4. The van der Waals surface area contributed by atoms with Crippen molar-refractivity contribution in [2.45, 2.75) is 44.6 Å². The first-order valence-electron chi connectivity index (χ1n) is 6.41. The van der Waals surface area contributed by atoms with Crippen LogP contribution in [0.25, 0.3) is 0 Å². The minimum absolute atomic E-state index is 0.0146. The highest BCUT2D eigenvalue weighted by Crippen LogP contribution is 2.24. The van der Waals surface area contributed by atoms with E-state index in [4.69, 9.17) is 15.7 Å². The van der Waals surface area contributed by atoms with Crippen molar-refractivity contribution >= 4 is 5.84 Å². The van der Waals surface area contributed by atoms with Gasteiger partial charge < -0.3 is 15.7 Å². The molecule has 0 saturated heterocycles. The number of pyridine rings is 1. The normalized spacial score (nSPS) is 18.3. The number of rotatable bonds is 3. The van der Waals surface area contributed by atoms with E-state index in [0.29, 0.717) is 11.4 Å². The molecule has 1 fully saturated rings. The molecule has 98 valence electrons. The van der Waals surface area contributed by atoms with E-state index >= 15 is 0 Å². The summed E-state index contributed by atoms with van der Waals surface area (Å²) in [4.78, 5) is 4.10. The number of amidine groups is 1. The van der Waals surface area contributed by atoms with Gasteiger partial charge in [0.05, 0.1) is 6.10 Å². The first-order chi connectivity index (χ1) is 8.81. The second-order valence-corrected chi connectivity index (χ2v) is 4.57. The maximum Gasteiger partial charge on any atom is 0.192 e. The van der Waals surface area contributed by atoms with Gasteiger partial charge in [-0.25, -0.2) is 4.98 Å². The van der Waals surface area contributed by atoms with Crippen molar-refractivity contribution in [2.24, 2.45) is 10.9 Å². The quantitative estimate of drug-likeness (QED) is 0.283. The van der Waals surface area contributed by atoms with Gasteiger partial charge >= 0.3 is 0 Å². The molecule has 1 aromatic heterocycles. The van der Waals surface area contributed by atoms with E-state index in [9.17, 15) is 0 Å². The van der Waals surface area contributed by atoms with Crippen LogP contribution in [0.1, 0.15) is 44.2 Å². The van der Waals surface area contributed by atoms with Gasteiger partial charge in [-0.3, -0.25) is 0 Å². The highest BCUT2D eigenvalue weighted by Gasteiger charge is 2.17. The van der Waals surface area contributed by atoms with Gasteiger partial charge in [-0.15, -0.1) is 0 Å². The van der Waals surface area contributed by atoms with Gasteiger partial charge in [0.25, 0.3) is 0 Å². The molecule has 0 bridgehead atoms. The van der Waals surface area contributed by atoms with Gasteiger partial charge in [-0.05, 0) is 37.8 Å². The van der Waals surface area contributed by atoms with Gasteiger partial charge in [0.2, 0.25) is 0 Å². The molecule has 5 nitrogen and oxygen atoms in total. The summed E-state index contributed by atoms with van der Waals surface area (Å²) in [5, 5.41) is 11.7. The van der Waals surface area contributed by atoms with Crippen molar-refractivity contribution in [3.8, 4) is 5.75 Å². The van der Waals surface area contributed by atoms with E-state index < -0.39 is 0 Å². The van der Waals surface area contributed by atoms with E-state index in [1.54, 1.807) is 12.3 Å². The minimum Gasteiger partial charge on any atom is -0.488 e. The van der Waals surface area contributed by atoms with E-state index in [-0.39, 0.29) is 11.9 Å². The second kappa shape index (κ2) is 6.23. The lowest BCUT2D eigenvalue weighted by Crippen LogP contribution is -2.21. The molecule has 1 aromatic rings. The number of ether oxygens (including phenoxy) is 1. The summed E-state index contributed by atoms with van der Waals surface area (Å²) in [6, 6.07) is 3.60. The van der Waals surface area contributed by atoms with Gasteiger partial charge in [0.1, 0.15) is 5.75 Å². The standard InChI is InChI=1S/C13H19N3O2/c14-13(16-17)12-11(8-5-9-15-12)18-10-6-3-1-2-4-7-10/h5,8-10,17H,1-4,6-7H2,(H2,14,16). The van der Waals surface area contributed by atoms with Crippen molar-refractivity contribution in [1.82, 2.24) is 4.98 Å². The van der Waals surface area contributed by atoms with Crippen LogP contribution in [-0.2, 0) is 0 Å². The zero-order valence-electron chi connectivity index (χ0n) is 10.4. The Morgan fingerprint density at radius 3 is 2.72 bits per heavy atom. The molecule has 0 aliphatic heterocycles. The third-order valence-corrected chi connectivity index (χ3v) is 3.22. The molecule has 0 spiro atoms. The first kappa shape index (κ1) is 12.7. The van der Waals surface area contributed by atoms with E-state index in [1.807, 2.05) is 6.07 Å². The monoisotopic (exact) mass is 249 g/mol. The molecular formula is C13H19N3O2. The Balaban J connectivity index is 2.12. The predicted molar refractivity (Wildman–Crippen MR) is 68.9 cm³/mol. The Labute approximate surface area is 107 Å². The molecule has 0 aromatic carbocycles. The lowest BCUT2D eigenvalue weighted by atomic mass is 10.1. The van der Waals surface area contributed by atoms with Crippen LogP contribution in [0, 0.1) is 0 Å². The molecular weight excluding hydrogens is 230 g/mol. The summed E-state index contributed by atoms with van der Waals surface area (Å²) in [7, 11) is 0. The third-order valence-electron chi connectivity index (χ3n) is 3.22. The Bertz CT molecular complexity index is 412. The van der Waals surface area contributed by atoms with E-state index in [0.717, 1.165) is 12.8 Å². The highest BCUT2D eigenvalue weighted by molar-refractivity contribution is 5.97. The maximum atomic E-state index is 8.73. The van der Waals surface area contributed by atoms with Gasteiger partial charge in [-0.1, -0.05) is 18.0 Å². The fourth-order valence-electron chi connectivity index (χ4n) is 2.26. The van der Waals surface area contributed by atoms with Crippen LogP contribution in [0.4, 0.5) is 0 Å². The molecule has 5 heteroatoms. The lowest BCUT2D eigenvalue weighted by molar-refractivity contribution is 0.182. The SMILES string of the molecule is N/C(=N/O)c1ncccc1OC1CCCCCC1. The summed E-state index contributed by atoms with van der Waals surface area (Å²) in [6.45, 7) is 0. The van der Waals surface area contributed by atoms with Crippen LogP contribution in [0.5, 0.6) is 5.75 Å². The van der Waals surface area contributed by atoms with Crippen LogP contribution >= 0.6 is 0 Å². The molecule has 1 saturated carbocycles. The summed E-state index contributed by atoms with van der Waals surface area (Å²) in [6.07, 6.45) is 8.89. The predicted octanol–water partition coefficient (Wildman–Crippen LogP) is 2.28. The van der Waals surface area contributed by atoms with Gasteiger partial charge in [0.15, 0.2) is 11.5 Å². The van der Waals surface area contributed by atoms with Gasteiger partial charge in [-0.2, -0.15) is 0 Å². The summed E-state index contributed by atoms with van der Waals surface area (Å²) in [5.41, 5.74) is 6.00. The second-order valence-electron chi connectivity index (χ2n) is 4.57. The minimum atomic E-state index is -0.0146. The molecule has 0 amide bonds. The fraction of sp³-hybridized carbons (Fsp3) is 0.538. The number of nitrogens with zero attached hydrogens (tertiary/aromatic N) is 2. The van der Waals surface area contributed by atoms with Crippen LogP contribution in [-0.4, -0.2) is 22.1 Å². The molecule has 1 heterocycles. The topological polar surface area (TPSA) is 80.7 Å². The zero-order chi connectivity index (χ0) is 12.8. The molecule has 1 aliphatic rings. The Hall–Kier alpha value is -1.78. The first-order valence-corrected chi connectivity index (χ1v) is 6.41. The molecule has 1 aliphatic carbocycles. The molecule has 0 radical (unpaired) electrons. The van der Waals surface area contributed by atoms with Crippen molar-refractivity contribution < 1.29 is 9.94 Å². The number of oxime groups is 1. The van der Waals surface area contributed by atoms with Crippen molar-refractivity contribution in [1.29, 1.82) is 0 Å². The van der Waals surface area contributed by atoms with E-state index in [2.05, 4.69) is 10.1 Å². The van der Waals surface area contributed by atoms with Crippen LogP contribution in [0.3, 0.4) is 0 Å².